The molecule has 0 aromatic carbocycles. The first-order chi connectivity index (χ1) is 8.09. The molecular weight excluding hydrogens is 234 g/mol. The fourth-order valence-electron chi connectivity index (χ4n) is 1.72. The van der Waals surface area contributed by atoms with E-state index in [-0.39, 0.29) is 5.92 Å². The first kappa shape index (κ1) is 12.0. The van der Waals surface area contributed by atoms with Crippen molar-refractivity contribution in [1.29, 1.82) is 0 Å². The molecule has 0 spiro atoms. The van der Waals surface area contributed by atoms with E-state index in [9.17, 15) is 0 Å². The van der Waals surface area contributed by atoms with Crippen molar-refractivity contribution in [3.63, 3.8) is 0 Å². The van der Waals surface area contributed by atoms with Crippen LogP contribution in [-0.2, 0) is 0 Å². The zero-order valence-electron chi connectivity index (χ0n) is 10.1. The Morgan fingerprint density at radius 1 is 1.12 bits per heavy atom. The number of nitrogens with zero attached hydrogens (tertiary/aromatic N) is 3. The van der Waals surface area contributed by atoms with Gasteiger partial charge in [0.15, 0.2) is 0 Å². The topological polar surface area (TPSA) is 38.7 Å². The third-order valence-corrected chi connectivity index (χ3v) is 2.90. The fraction of sp³-hybridized carbons (Fsp3) is 0.308. The lowest BCUT2D eigenvalue weighted by Crippen LogP contribution is -1.99. The van der Waals surface area contributed by atoms with E-state index in [0.29, 0.717) is 5.15 Å². The number of aromatic nitrogens is 3. The van der Waals surface area contributed by atoms with Gasteiger partial charge in [0.1, 0.15) is 11.5 Å². The van der Waals surface area contributed by atoms with Crippen molar-refractivity contribution < 1.29 is 0 Å². The van der Waals surface area contributed by atoms with Crippen LogP contribution in [0.1, 0.15) is 31.0 Å². The summed E-state index contributed by atoms with van der Waals surface area (Å²) in [5, 5.41) is 0.519. The smallest absolute Gasteiger partial charge is 0.136 e. The number of rotatable bonds is 2. The van der Waals surface area contributed by atoms with Crippen molar-refractivity contribution in [3.05, 3.63) is 41.1 Å². The van der Waals surface area contributed by atoms with Crippen LogP contribution in [0.5, 0.6) is 0 Å². The summed E-state index contributed by atoms with van der Waals surface area (Å²) in [6.45, 7) is 6.12. The molecule has 2 aromatic heterocycles. The maximum absolute atomic E-state index is 6.13. The van der Waals surface area contributed by atoms with E-state index < -0.39 is 0 Å². The summed E-state index contributed by atoms with van der Waals surface area (Å²) in [5.74, 6) is 0.278. The average molecular weight is 248 g/mol. The predicted molar refractivity (Wildman–Crippen MR) is 69.1 cm³/mol. The van der Waals surface area contributed by atoms with Crippen molar-refractivity contribution in [2.75, 3.05) is 0 Å². The van der Waals surface area contributed by atoms with Crippen LogP contribution in [0.3, 0.4) is 0 Å². The van der Waals surface area contributed by atoms with E-state index in [2.05, 4.69) is 28.8 Å². The number of aryl methyl sites for hydroxylation is 1. The number of halogens is 1. The first-order valence-electron chi connectivity index (χ1n) is 5.53. The minimum Gasteiger partial charge on any atom is -0.261 e. The molecule has 0 aliphatic rings. The molecule has 4 heteroatoms. The van der Waals surface area contributed by atoms with Crippen molar-refractivity contribution >= 4 is 11.6 Å². The summed E-state index contributed by atoms with van der Waals surface area (Å²) in [7, 11) is 0. The monoisotopic (exact) mass is 247 g/mol. The van der Waals surface area contributed by atoms with Crippen molar-refractivity contribution in [2.24, 2.45) is 0 Å². The Bertz CT molecular complexity index is 521. The van der Waals surface area contributed by atoms with Gasteiger partial charge in [-0.3, -0.25) is 4.98 Å². The highest BCUT2D eigenvalue weighted by Gasteiger charge is 2.14. The molecule has 0 amide bonds. The molecule has 0 fully saturated rings. The summed E-state index contributed by atoms with van der Waals surface area (Å²) in [4.78, 5) is 12.6. The van der Waals surface area contributed by atoms with Crippen LogP contribution in [0.2, 0.25) is 5.15 Å². The normalized spacial score (nSPS) is 10.9. The van der Waals surface area contributed by atoms with Gasteiger partial charge in [-0.15, -0.1) is 0 Å². The molecule has 3 nitrogen and oxygen atoms in total. The van der Waals surface area contributed by atoms with Gasteiger partial charge in [0, 0.05) is 23.0 Å². The number of hydrogen-bond donors (Lipinski definition) is 0. The van der Waals surface area contributed by atoms with Crippen LogP contribution >= 0.6 is 11.6 Å². The Hall–Kier alpha value is -1.48. The second kappa shape index (κ2) is 4.80. The van der Waals surface area contributed by atoms with Crippen molar-refractivity contribution in [2.45, 2.75) is 26.7 Å². The summed E-state index contributed by atoms with van der Waals surface area (Å²) in [6.07, 6.45) is 3.31. The third kappa shape index (κ3) is 2.44. The predicted octanol–water partition coefficient (Wildman–Crippen LogP) is 3.62. The van der Waals surface area contributed by atoms with Gasteiger partial charge < -0.3 is 0 Å². The van der Waals surface area contributed by atoms with Crippen molar-refractivity contribution in [1.82, 2.24) is 15.0 Å². The van der Waals surface area contributed by atoms with Gasteiger partial charge in [0.25, 0.3) is 0 Å². The minimum atomic E-state index is 0.278. The van der Waals surface area contributed by atoms with Crippen LogP contribution < -0.4 is 0 Å². The molecule has 0 atom stereocenters. The lowest BCUT2D eigenvalue weighted by atomic mass is 9.99. The summed E-state index contributed by atoms with van der Waals surface area (Å²) < 4.78 is 0. The van der Waals surface area contributed by atoms with E-state index in [1.807, 2.05) is 25.3 Å². The van der Waals surface area contributed by atoms with Crippen LogP contribution in [0.4, 0.5) is 0 Å². The second-order valence-electron chi connectivity index (χ2n) is 4.27. The molecular formula is C13H14ClN3. The van der Waals surface area contributed by atoms with Gasteiger partial charge in [-0.2, -0.15) is 0 Å². The lowest BCUT2D eigenvalue weighted by molar-refractivity contribution is 0.849. The summed E-state index contributed by atoms with van der Waals surface area (Å²) in [5.41, 5.74) is 3.80. The summed E-state index contributed by atoms with van der Waals surface area (Å²) in [6, 6.07) is 3.97. The van der Waals surface area contributed by atoms with Crippen molar-refractivity contribution in [3.8, 4) is 11.3 Å². The minimum absolute atomic E-state index is 0.278. The van der Waals surface area contributed by atoms with E-state index >= 15 is 0 Å². The Morgan fingerprint density at radius 3 is 2.47 bits per heavy atom. The molecule has 0 saturated heterocycles. The van der Waals surface area contributed by atoms with Gasteiger partial charge in [0.05, 0.1) is 5.69 Å². The Balaban J connectivity index is 2.59. The Labute approximate surface area is 106 Å². The Morgan fingerprint density at radius 2 is 1.88 bits per heavy atom. The van der Waals surface area contributed by atoms with Crippen LogP contribution in [-0.4, -0.2) is 15.0 Å². The molecule has 0 bridgehead atoms. The fourth-order valence-corrected chi connectivity index (χ4v) is 2.08. The SMILES string of the molecule is Cc1ccc(-c2ncnc(Cl)c2C(C)C)cn1. The molecule has 0 N–H and O–H groups in total. The molecule has 2 rings (SSSR count). The molecule has 0 aliphatic carbocycles. The van der Waals surface area contributed by atoms with Gasteiger partial charge >= 0.3 is 0 Å². The maximum Gasteiger partial charge on any atom is 0.136 e. The van der Waals surface area contributed by atoms with E-state index in [4.69, 9.17) is 11.6 Å². The quantitative estimate of drug-likeness (QED) is 0.761. The molecule has 0 radical (unpaired) electrons. The van der Waals surface area contributed by atoms with Gasteiger partial charge in [-0.25, -0.2) is 9.97 Å². The van der Waals surface area contributed by atoms with Crippen LogP contribution in [0.25, 0.3) is 11.3 Å². The second-order valence-corrected chi connectivity index (χ2v) is 4.63. The number of hydrogen-bond acceptors (Lipinski definition) is 3. The zero-order chi connectivity index (χ0) is 12.4. The van der Waals surface area contributed by atoms with Crippen LogP contribution in [0, 0.1) is 6.92 Å². The van der Waals surface area contributed by atoms with E-state index in [0.717, 1.165) is 22.5 Å². The van der Waals surface area contributed by atoms with E-state index in [1.165, 1.54) is 6.33 Å². The molecule has 2 heterocycles. The highest BCUT2D eigenvalue weighted by atomic mass is 35.5. The molecule has 2 aromatic rings. The van der Waals surface area contributed by atoms with Gasteiger partial charge in [0.2, 0.25) is 0 Å². The molecule has 88 valence electrons. The molecule has 17 heavy (non-hydrogen) atoms. The molecule has 0 unspecified atom stereocenters. The number of pyridine rings is 1. The zero-order valence-corrected chi connectivity index (χ0v) is 10.9. The highest BCUT2D eigenvalue weighted by Crippen LogP contribution is 2.31. The lowest BCUT2D eigenvalue weighted by Gasteiger charge is -2.12. The first-order valence-corrected chi connectivity index (χ1v) is 5.91. The summed E-state index contributed by atoms with van der Waals surface area (Å²) >= 11 is 6.13. The van der Waals surface area contributed by atoms with Crippen LogP contribution in [0.15, 0.2) is 24.7 Å². The molecule has 0 aliphatic heterocycles. The Kier molecular flexibility index (Phi) is 3.38. The molecule has 0 saturated carbocycles. The van der Waals surface area contributed by atoms with E-state index in [1.54, 1.807) is 0 Å². The maximum atomic E-state index is 6.13. The largest absolute Gasteiger partial charge is 0.261 e. The average Bonchev–Trinajstić information content (AvgIpc) is 2.29. The third-order valence-electron chi connectivity index (χ3n) is 2.60. The van der Waals surface area contributed by atoms with Gasteiger partial charge in [-0.1, -0.05) is 25.4 Å². The van der Waals surface area contributed by atoms with Gasteiger partial charge in [-0.05, 0) is 25.0 Å². The highest BCUT2D eigenvalue weighted by molar-refractivity contribution is 6.30. The standard InChI is InChI=1S/C13H14ClN3/c1-8(2)11-12(16-7-17-13(11)14)10-5-4-9(3)15-6-10/h4-8H,1-3H3.